The molecule has 1 heterocycles. The maximum Gasteiger partial charge on any atom is 0.269 e. The summed E-state index contributed by atoms with van der Waals surface area (Å²) in [6.45, 7) is 0. The van der Waals surface area contributed by atoms with Crippen LogP contribution in [0.15, 0.2) is 35.1 Å². The van der Waals surface area contributed by atoms with E-state index in [0.29, 0.717) is 28.2 Å². The lowest BCUT2D eigenvalue weighted by molar-refractivity contribution is 0.0953. The minimum Gasteiger partial charge on any atom is -0.493 e. The second-order valence-corrected chi connectivity index (χ2v) is 7.11. The Morgan fingerprint density at radius 2 is 1.70 bits per heavy atom. The number of carbonyl (C=O) groups excluding carboxylic acids is 1. The van der Waals surface area contributed by atoms with Gasteiger partial charge in [-0.1, -0.05) is 0 Å². The highest BCUT2D eigenvalue weighted by atomic mass is 127. The predicted molar refractivity (Wildman–Crippen MR) is 112 cm³/mol. The van der Waals surface area contributed by atoms with Gasteiger partial charge in [0.15, 0.2) is 16.3 Å². The molecule has 0 aliphatic rings. The molecule has 0 spiro atoms. The highest BCUT2D eigenvalue weighted by molar-refractivity contribution is 14.1. The van der Waals surface area contributed by atoms with Gasteiger partial charge in [0, 0.05) is 9.13 Å². The summed E-state index contributed by atoms with van der Waals surface area (Å²) in [6.07, 6.45) is 0. The summed E-state index contributed by atoms with van der Waals surface area (Å²) in [5, 5.41) is 0.372. The molecule has 9 heteroatoms. The third kappa shape index (κ3) is 3.44. The van der Waals surface area contributed by atoms with Gasteiger partial charge in [-0.2, -0.15) is 0 Å². The number of benzene rings is 2. The van der Waals surface area contributed by atoms with Crippen molar-refractivity contribution in [2.45, 2.75) is 0 Å². The quantitative estimate of drug-likeness (QED) is 0.439. The molecule has 0 unspecified atom stereocenters. The number of carbonyl (C=O) groups is 1. The largest absolute Gasteiger partial charge is 0.493 e. The van der Waals surface area contributed by atoms with Crippen LogP contribution in [-0.2, 0) is 0 Å². The first kappa shape index (κ1) is 19.4. The summed E-state index contributed by atoms with van der Waals surface area (Å²) >= 11 is 7.34. The molecule has 0 saturated heterocycles. The molecule has 0 saturated carbocycles. The second kappa shape index (κ2) is 7.69. The number of H-pyrrole nitrogens is 1. The van der Waals surface area contributed by atoms with Gasteiger partial charge in [0.1, 0.15) is 0 Å². The maximum atomic E-state index is 13.1. The number of rotatable bonds is 4. The Morgan fingerprint density at radius 3 is 2.26 bits per heavy atom. The minimum absolute atomic E-state index is 0.00691. The summed E-state index contributed by atoms with van der Waals surface area (Å²) in [5.41, 5.74) is 0.251. The lowest BCUT2D eigenvalue weighted by Gasteiger charge is -2.14. The zero-order chi connectivity index (χ0) is 19.7. The zero-order valence-electron chi connectivity index (χ0n) is 14.7. The van der Waals surface area contributed by atoms with E-state index in [1.54, 1.807) is 12.1 Å². The van der Waals surface area contributed by atoms with E-state index in [2.05, 4.69) is 27.6 Å². The molecule has 1 N–H and O–H groups in total. The monoisotopic (exact) mass is 498 g/mol. The molecule has 2 aromatic carbocycles. The number of ether oxygens (including phenoxy) is 3. The van der Waals surface area contributed by atoms with Crippen molar-refractivity contribution in [3.63, 3.8) is 0 Å². The number of aromatic amines is 1. The standard InChI is InChI=1S/C18H15IN2O5S/c1-24-13-6-9(7-14(25-2)15(13)26-3)16(22)21-17(23)11-8-10(19)4-5-12(11)20-18(21)27/h4-8H,1-3H3,(H,20,27). The number of hydrogen-bond donors (Lipinski definition) is 1. The number of aromatic nitrogens is 2. The van der Waals surface area contributed by atoms with Crippen LogP contribution in [0.2, 0.25) is 0 Å². The van der Waals surface area contributed by atoms with Crippen LogP contribution in [-0.4, -0.2) is 36.8 Å². The summed E-state index contributed by atoms with van der Waals surface area (Å²) in [5.74, 6) is 0.361. The van der Waals surface area contributed by atoms with Crippen LogP contribution < -0.4 is 19.8 Å². The van der Waals surface area contributed by atoms with E-state index < -0.39 is 11.5 Å². The third-order valence-electron chi connectivity index (χ3n) is 3.97. The number of hydrogen-bond acceptors (Lipinski definition) is 6. The van der Waals surface area contributed by atoms with Crippen molar-refractivity contribution in [1.82, 2.24) is 9.55 Å². The Hall–Kier alpha value is -2.40. The zero-order valence-corrected chi connectivity index (χ0v) is 17.6. The fraction of sp³-hybridized carbons (Fsp3) is 0.167. The molecule has 1 aromatic heterocycles. The number of fused-ring (bicyclic) bond motifs is 1. The van der Waals surface area contributed by atoms with Crippen LogP contribution in [0.3, 0.4) is 0 Å². The van der Waals surface area contributed by atoms with Gasteiger partial charge in [0.05, 0.1) is 32.2 Å². The van der Waals surface area contributed by atoms with Crippen molar-refractivity contribution in [3.05, 3.63) is 54.6 Å². The SMILES string of the molecule is COc1cc(C(=O)n2c(=S)[nH]c3ccc(I)cc3c2=O)cc(OC)c1OC. The highest BCUT2D eigenvalue weighted by Gasteiger charge is 2.20. The lowest BCUT2D eigenvalue weighted by Crippen LogP contribution is -2.29. The van der Waals surface area contributed by atoms with Crippen molar-refractivity contribution >= 4 is 51.6 Å². The number of methoxy groups -OCH3 is 3. The molecular formula is C18H15IN2O5S. The van der Waals surface area contributed by atoms with Gasteiger partial charge in [-0.25, -0.2) is 4.57 Å². The molecule has 0 fully saturated rings. The molecule has 7 nitrogen and oxygen atoms in total. The van der Waals surface area contributed by atoms with Gasteiger partial charge in [-0.15, -0.1) is 0 Å². The fourth-order valence-corrected chi connectivity index (χ4v) is 3.47. The highest BCUT2D eigenvalue weighted by Crippen LogP contribution is 2.38. The molecule has 0 aliphatic carbocycles. The van der Waals surface area contributed by atoms with E-state index in [4.69, 9.17) is 26.4 Å². The molecule has 140 valence electrons. The molecule has 0 radical (unpaired) electrons. The van der Waals surface area contributed by atoms with E-state index in [1.165, 1.54) is 33.5 Å². The van der Waals surface area contributed by atoms with E-state index in [9.17, 15) is 9.59 Å². The van der Waals surface area contributed by atoms with Crippen molar-refractivity contribution in [2.24, 2.45) is 0 Å². The van der Waals surface area contributed by atoms with Crippen molar-refractivity contribution < 1.29 is 19.0 Å². The van der Waals surface area contributed by atoms with E-state index in [-0.39, 0.29) is 10.3 Å². The molecule has 0 amide bonds. The number of halogens is 1. The summed E-state index contributed by atoms with van der Waals surface area (Å²) in [6, 6.07) is 8.25. The van der Waals surface area contributed by atoms with Crippen LogP contribution in [0.1, 0.15) is 10.4 Å². The van der Waals surface area contributed by atoms with Gasteiger partial charge in [0.25, 0.3) is 11.5 Å². The maximum absolute atomic E-state index is 13.1. The normalized spacial score (nSPS) is 10.7. The number of nitrogens with one attached hydrogen (secondary N) is 1. The van der Waals surface area contributed by atoms with Crippen LogP contribution >= 0.6 is 34.8 Å². The van der Waals surface area contributed by atoms with E-state index in [0.717, 1.165) is 8.14 Å². The molecule has 27 heavy (non-hydrogen) atoms. The molecule has 3 aromatic rings. The van der Waals surface area contributed by atoms with Gasteiger partial charge >= 0.3 is 0 Å². The van der Waals surface area contributed by atoms with Crippen molar-refractivity contribution in [3.8, 4) is 17.2 Å². The van der Waals surface area contributed by atoms with Crippen LogP contribution in [0.4, 0.5) is 0 Å². The smallest absolute Gasteiger partial charge is 0.269 e. The third-order valence-corrected chi connectivity index (χ3v) is 4.93. The summed E-state index contributed by atoms with van der Waals surface area (Å²) < 4.78 is 17.6. The van der Waals surface area contributed by atoms with Gasteiger partial charge in [-0.3, -0.25) is 9.59 Å². The molecule has 3 rings (SSSR count). The van der Waals surface area contributed by atoms with Gasteiger partial charge in [-0.05, 0) is 65.1 Å². The Bertz CT molecular complexity index is 1140. The first-order valence-electron chi connectivity index (χ1n) is 7.70. The van der Waals surface area contributed by atoms with Crippen LogP contribution in [0.5, 0.6) is 17.2 Å². The topological polar surface area (TPSA) is 82.6 Å². The Kier molecular flexibility index (Phi) is 5.51. The minimum atomic E-state index is -0.596. The average Bonchev–Trinajstić information content (AvgIpc) is 2.67. The van der Waals surface area contributed by atoms with Gasteiger partial charge in [0.2, 0.25) is 5.75 Å². The molecular weight excluding hydrogens is 483 g/mol. The first-order chi connectivity index (χ1) is 12.9. The summed E-state index contributed by atoms with van der Waals surface area (Å²) in [4.78, 5) is 28.9. The molecule has 0 aliphatic heterocycles. The number of nitrogens with zero attached hydrogens (tertiary/aromatic N) is 1. The van der Waals surface area contributed by atoms with Crippen LogP contribution in [0.25, 0.3) is 10.9 Å². The van der Waals surface area contributed by atoms with Crippen molar-refractivity contribution in [1.29, 1.82) is 0 Å². The Morgan fingerprint density at radius 1 is 1.07 bits per heavy atom. The lowest BCUT2D eigenvalue weighted by atomic mass is 10.1. The van der Waals surface area contributed by atoms with Crippen molar-refractivity contribution in [2.75, 3.05) is 21.3 Å². The van der Waals surface area contributed by atoms with E-state index >= 15 is 0 Å². The first-order valence-corrected chi connectivity index (χ1v) is 9.19. The van der Waals surface area contributed by atoms with Gasteiger partial charge < -0.3 is 19.2 Å². The Labute approximate surface area is 173 Å². The Balaban J connectivity index is 2.25. The predicted octanol–water partition coefficient (Wildman–Crippen LogP) is 3.38. The summed E-state index contributed by atoms with van der Waals surface area (Å²) in [7, 11) is 4.36. The second-order valence-electron chi connectivity index (χ2n) is 5.48. The van der Waals surface area contributed by atoms with Crippen LogP contribution in [0, 0.1) is 8.34 Å². The average molecular weight is 498 g/mol. The fourth-order valence-electron chi connectivity index (χ4n) is 2.70. The molecule has 0 bridgehead atoms. The van der Waals surface area contributed by atoms with E-state index in [1.807, 2.05) is 6.07 Å². The molecule has 0 atom stereocenters.